The van der Waals surface area contributed by atoms with Crippen molar-refractivity contribution >= 4 is 17.3 Å². The van der Waals surface area contributed by atoms with Crippen LogP contribution in [0.15, 0.2) is 60.7 Å². The summed E-state index contributed by atoms with van der Waals surface area (Å²) >= 11 is 1.85. The van der Waals surface area contributed by atoms with Gasteiger partial charge in [0.1, 0.15) is 11.5 Å². The van der Waals surface area contributed by atoms with Crippen molar-refractivity contribution in [3.05, 3.63) is 71.1 Å². The molecule has 0 radical (unpaired) electrons. The Kier molecular flexibility index (Phi) is 11.2. The summed E-state index contributed by atoms with van der Waals surface area (Å²) in [7, 11) is 0. The van der Waals surface area contributed by atoms with Crippen LogP contribution in [0.1, 0.15) is 86.9 Å². The lowest BCUT2D eigenvalue weighted by Crippen LogP contribution is -2.08. The molecule has 0 unspecified atom stereocenters. The van der Waals surface area contributed by atoms with Crippen LogP contribution in [0, 0.1) is 0 Å². The number of carbonyl (C=O) groups is 1. The number of benzene rings is 2. The van der Waals surface area contributed by atoms with Crippen LogP contribution in [0.3, 0.4) is 0 Å². The third-order valence-electron chi connectivity index (χ3n) is 5.89. The summed E-state index contributed by atoms with van der Waals surface area (Å²) in [6.45, 7) is 5.14. The maximum Gasteiger partial charge on any atom is 0.343 e. The van der Waals surface area contributed by atoms with E-state index in [2.05, 4.69) is 26.0 Å². The summed E-state index contributed by atoms with van der Waals surface area (Å²) in [5.41, 5.74) is 1.69. The molecule has 4 heteroatoms. The second-order valence-electron chi connectivity index (χ2n) is 8.78. The van der Waals surface area contributed by atoms with E-state index in [4.69, 9.17) is 9.47 Å². The van der Waals surface area contributed by atoms with Crippen molar-refractivity contribution in [3.63, 3.8) is 0 Å². The average Bonchev–Trinajstić information content (AvgIpc) is 3.34. The molecule has 3 aromatic rings. The highest BCUT2D eigenvalue weighted by Crippen LogP contribution is 2.29. The Morgan fingerprint density at radius 2 is 1.35 bits per heavy atom. The van der Waals surface area contributed by atoms with E-state index in [-0.39, 0.29) is 5.97 Å². The van der Waals surface area contributed by atoms with Gasteiger partial charge in [0.2, 0.25) is 0 Å². The first-order chi connectivity index (χ1) is 16.7. The highest BCUT2D eigenvalue weighted by atomic mass is 32.1. The molecule has 34 heavy (non-hydrogen) atoms. The number of esters is 1. The van der Waals surface area contributed by atoms with E-state index in [1.54, 1.807) is 12.1 Å². The number of carbonyl (C=O) groups excluding carboxylic acids is 1. The van der Waals surface area contributed by atoms with Gasteiger partial charge in [-0.3, -0.25) is 0 Å². The SMILES string of the molecule is CCCCCCCCc1ccc(-c2ccc(C(=O)Oc3ccc(OCCCCC)cc3)cc2)s1. The molecule has 0 saturated heterocycles. The fourth-order valence-corrected chi connectivity index (χ4v) is 4.88. The molecule has 0 aliphatic heterocycles. The third kappa shape index (κ3) is 8.64. The normalized spacial score (nSPS) is 10.9. The van der Waals surface area contributed by atoms with Crippen molar-refractivity contribution < 1.29 is 14.3 Å². The van der Waals surface area contributed by atoms with Gasteiger partial charge in [-0.25, -0.2) is 4.79 Å². The Labute approximate surface area is 209 Å². The lowest BCUT2D eigenvalue weighted by atomic mass is 10.1. The molecule has 0 fully saturated rings. The Balaban J connectivity index is 1.46. The van der Waals surface area contributed by atoms with Crippen LogP contribution in [0.25, 0.3) is 10.4 Å². The molecule has 3 nitrogen and oxygen atoms in total. The number of thiophene rings is 1. The first-order valence-electron chi connectivity index (χ1n) is 12.8. The second-order valence-corrected chi connectivity index (χ2v) is 9.95. The van der Waals surface area contributed by atoms with Crippen molar-refractivity contribution in [1.82, 2.24) is 0 Å². The average molecular weight is 479 g/mol. The molecule has 0 atom stereocenters. The van der Waals surface area contributed by atoms with E-state index in [0.29, 0.717) is 17.9 Å². The topological polar surface area (TPSA) is 35.5 Å². The largest absolute Gasteiger partial charge is 0.494 e. The molecule has 0 aliphatic carbocycles. The maximum absolute atomic E-state index is 12.6. The molecule has 0 saturated carbocycles. The smallest absolute Gasteiger partial charge is 0.343 e. The summed E-state index contributed by atoms with van der Waals surface area (Å²) in [5, 5.41) is 0. The molecule has 0 N–H and O–H groups in total. The standard InChI is InChI=1S/C30H38O3S/c1-3-5-7-8-9-10-12-28-21-22-29(34-28)24-13-15-25(16-14-24)30(31)33-27-19-17-26(18-20-27)32-23-11-6-4-2/h13-22H,3-12,23H2,1-2H3. The second kappa shape index (κ2) is 14.6. The summed E-state index contributed by atoms with van der Waals surface area (Å²) < 4.78 is 11.2. The zero-order valence-corrected chi connectivity index (χ0v) is 21.5. The van der Waals surface area contributed by atoms with Crippen LogP contribution >= 0.6 is 11.3 Å². The van der Waals surface area contributed by atoms with Gasteiger partial charge in [0, 0.05) is 9.75 Å². The molecule has 0 spiro atoms. The van der Waals surface area contributed by atoms with Gasteiger partial charge in [-0.1, -0.05) is 70.9 Å². The lowest BCUT2D eigenvalue weighted by Gasteiger charge is -2.08. The molecular weight excluding hydrogens is 440 g/mol. The fourth-order valence-electron chi connectivity index (χ4n) is 3.83. The van der Waals surface area contributed by atoms with Gasteiger partial charge in [0.15, 0.2) is 0 Å². The van der Waals surface area contributed by atoms with E-state index in [0.717, 1.165) is 24.2 Å². The Hall–Kier alpha value is -2.59. The van der Waals surface area contributed by atoms with Crippen LogP contribution in [0.4, 0.5) is 0 Å². The van der Waals surface area contributed by atoms with E-state index in [1.807, 2.05) is 47.7 Å². The lowest BCUT2D eigenvalue weighted by molar-refractivity contribution is 0.0734. The van der Waals surface area contributed by atoms with Gasteiger partial charge in [-0.15, -0.1) is 11.3 Å². The van der Waals surface area contributed by atoms with Gasteiger partial charge in [-0.05, 0) is 73.4 Å². The predicted octanol–water partition coefficient (Wildman–Crippen LogP) is 9.11. The molecule has 0 aliphatic rings. The van der Waals surface area contributed by atoms with Gasteiger partial charge in [0.25, 0.3) is 0 Å². The molecule has 0 bridgehead atoms. The van der Waals surface area contributed by atoms with Crippen LogP contribution in [-0.2, 0) is 6.42 Å². The highest BCUT2D eigenvalue weighted by molar-refractivity contribution is 7.15. The van der Waals surface area contributed by atoms with Crippen LogP contribution in [0.2, 0.25) is 0 Å². The van der Waals surface area contributed by atoms with Crippen molar-refractivity contribution in [2.24, 2.45) is 0 Å². The first kappa shape index (κ1) is 26.0. The van der Waals surface area contributed by atoms with Crippen LogP contribution in [0.5, 0.6) is 11.5 Å². The number of rotatable bonds is 15. The van der Waals surface area contributed by atoms with Crippen molar-refractivity contribution in [3.8, 4) is 21.9 Å². The third-order valence-corrected chi connectivity index (χ3v) is 7.09. The van der Waals surface area contributed by atoms with Crippen molar-refractivity contribution in [1.29, 1.82) is 0 Å². The molecule has 3 rings (SSSR count). The summed E-state index contributed by atoms with van der Waals surface area (Å²) in [6.07, 6.45) is 12.5. The van der Waals surface area contributed by atoms with Crippen molar-refractivity contribution in [2.75, 3.05) is 6.61 Å². The Morgan fingerprint density at radius 3 is 2.09 bits per heavy atom. The number of unbranched alkanes of at least 4 members (excludes halogenated alkanes) is 7. The molecule has 0 amide bonds. The first-order valence-corrected chi connectivity index (χ1v) is 13.7. The van der Waals surface area contributed by atoms with Crippen LogP contribution in [-0.4, -0.2) is 12.6 Å². The molecule has 1 aromatic heterocycles. The van der Waals surface area contributed by atoms with Gasteiger partial charge in [-0.2, -0.15) is 0 Å². The maximum atomic E-state index is 12.6. The van der Waals surface area contributed by atoms with Gasteiger partial charge >= 0.3 is 5.97 Å². The van der Waals surface area contributed by atoms with E-state index in [1.165, 1.54) is 61.1 Å². The minimum atomic E-state index is -0.349. The number of hydrogen-bond donors (Lipinski definition) is 0. The van der Waals surface area contributed by atoms with E-state index < -0.39 is 0 Å². The minimum absolute atomic E-state index is 0.349. The van der Waals surface area contributed by atoms with E-state index >= 15 is 0 Å². The van der Waals surface area contributed by atoms with Gasteiger partial charge in [0.05, 0.1) is 12.2 Å². The minimum Gasteiger partial charge on any atom is -0.494 e. The zero-order valence-electron chi connectivity index (χ0n) is 20.7. The molecule has 2 aromatic carbocycles. The summed E-state index contributed by atoms with van der Waals surface area (Å²) in [4.78, 5) is 15.2. The number of aryl methyl sites for hydroxylation is 1. The fraction of sp³-hybridized carbons (Fsp3) is 0.433. The highest BCUT2D eigenvalue weighted by Gasteiger charge is 2.10. The Morgan fingerprint density at radius 1 is 0.706 bits per heavy atom. The number of ether oxygens (including phenoxy) is 2. The molecule has 182 valence electrons. The van der Waals surface area contributed by atoms with Crippen LogP contribution < -0.4 is 9.47 Å². The molecule has 1 heterocycles. The summed E-state index contributed by atoms with van der Waals surface area (Å²) in [5.74, 6) is 0.970. The quantitative estimate of drug-likeness (QED) is 0.124. The van der Waals surface area contributed by atoms with Gasteiger partial charge < -0.3 is 9.47 Å². The summed E-state index contributed by atoms with van der Waals surface area (Å²) in [6, 6.07) is 19.4. The van der Waals surface area contributed by atoms with Crippen molar-refractivity contribution in [2.45, 2.75) is 78.1 Å². The number of hydrogen-bond acceptors (Lipinski definition) is 4. The monoisotopic (exact) mass is 478 g/mol. The molecular formula is C30H38O3S. The Bertz CT molecular complexity index is 973. The zero-order chi connectivity index (χ0) is 24.0. The predicted molar refractivity (Wildman–Crippen MR) is 143 cm³/mol. The van der Waals surface area contributed by atoms with E-state index in [9.17, 15) is 4.79 Å².